The Hall–Kier alpha value is -4.14. The largest absolute Gasteiger partial charge is 0.573 e. The first-order valence-electron chi connectivity index (χ1n) is 13.1. The van der Waals surface area contributed by atoms with E-state index in [9.17, 15) is 39.6 Å². The summed E-state index contributed by atoms with van der Waals surface area (Å²) in [7, 11) is -4.47. The third-order valence-corrected chi connectivity index (χ3v) is 9.57. The highest BCUT2D eigenvalue weighted by Crippen LogP contribution is 2.34. The van der Waals surface area contributed by atoms with Crippen molar-refractivity contribution in [1.82, 2.24) is 14.6 Å². The van der Waals surface area contributed by atoms with E-state index in [-0.39, 0.29) is 43.8 Å². The van der Waals surface area contributed by atoms with Gasteiger partial charge in [-0.2, -0.15) is 9.29 Å². The molecule has 0 saturated carbocycles. The first kappa shape index (κ1) is 35.7. The van der Waals surface area contributed by atoms with E-state index in [1.54, 1.807) is 4.90 Å². The van der Waals surface area contributed by atoms with Crippen molar-refractivity contribution in [2.75, 3.05) is 30.5 Å². The molecule has 0 unspecified atom stereocenters. The Bertz CT molecular complexity index is 1720. The van der Waals surface area contributed by atoms with Crippen molar-refractivity contribution in [2.24, 2.45) is 15.7 Å². The maximum atomic E-state index is 13.7. The van der Waals surface area contributed by atoms with Crippen LogP contribution in [0.15, 0.2) is 63.4 Å². The molecule has 0 spiro atoms. The lowest BCUT2D eigenvalue weighted by Gasteiger charge is -2.39. The van der Waals surface area contributed by atoms with E-state index in [4.69, 9.17) is 17.3 Å². The van der Waals surface area contributed by atoms with Crippen LogP contribution in [0.1, 0.15) is 10.4 Å². The molecule has 3 N–H and O–H groups in total. The summed E-state index contributed by atoms with van der Waals surface area (Å²) in [6, 6.07) is 6.58. The van der Waals surface area contributed by atoms with Crippen molar-refractivity contribution in [2.45, 2.75) is 30.2 Å². The molecule has 254 valence electrons. The topological polar surface area (TPSA) is 152 Å². The number of benzene rings is 2. The summed E-state index contributed by atoms with van der Waals surface area (Å²) in [5, 5.41) is 2.88. The van der Waals surface area contributed by atoms with Gasteiger partial charge in [0.25, 0.3) is 0 Å². The Kier molecular flexibility index (Phi) is 10.9. The summed E-state index contributed by atoms with van der Waals surface area (Å²) >= 11 is 6.70. The maximum absolute atomic E-state index is 13.7. The number of carbonyl (C=O) groups excluding carboxylic acids is 1. The normalized spacial score (nSPS) is 16.5. The zero-order chi connectivity index (χ0) is 34.6. The SMILES string of the molecule is C=Nc1nc(N2CCN(S(=O)(=O)c3ccc(OC(F)(F)F)cc3)[C@@H](C(=O)NCc3ccc(OC(F)(F)F)cc3)C2)sc1/C(N)=N\CCl. The van der Waals surface area contributed by atoms with Gasteiger partial charge in [0.1, 0.15) is 34.3 Å². The molecular weight excluding hydrogens is 704 g/mol. The zero-order valence-electron chi connectivity index (χ0n) is 23.8. The number of thiazole rings is 1. The molecule has 1 fully saturated rings. The summed E-state index contributed by atoms with van der Waals surface area (Å²) < 4.78 is 111. The van der Waals surface area contributed by atoms with Crippen molar-refractivity contribution in [3.05, 3.63) is 59.0 Å². The van der Waals surface area contributed by atoms with Gasteiger partial charge in [0.2, 0.25) is 15.9 Å². The van der Waals surface area contributed by atoms with Crippen LogP contribution in [0.3, 0.4) is 0 Å². The van der Waals surface area contributed by atoms with Gasteiger partial charge in [-0.1, -0.05) is 23.5 Å². The molecule has 47 heavy (non-hydrogen) atoms. The van der Waals surface area contributed by atoms with Crippen LogP contribution in [0.4, 0.5) is 37.3 Å². The Labute approximate surface area is 272 Å². The number of hydrogen-bond acceptors (Lipinski definition) is 10. The number of rotatable bonds is 11. The van der Waals surface area contributed by atoms with Crippen molar-refractivity contribution in [3.63, 3.8) is 0 Å². The van der Waals surface area contributed by atoms with E-state index < -0.39 is 51.1 Å². The number of nitrogens with zero attached hydrogens (tertiary/aromatic N) is 5. The fourth-order valence-corrected chi connectivity index (χ4v) is 7.03. The molecule has 1 amide bonds. The van der Waals surface area contributed by atoms with Gasteiger partial charge in [-0.15, -0.1) is 37.9 Å². The van der Waals surface area contributed by atoms with E-state index >= 15 is 0 Å². The molecule has 4 rings (SSSR count). The van der Waals surface area contributed by atoms with Crippen LogP contribution in [0.2, 0.25) is 0 Å². The number of aliphatic imine (C=N–C) groups is 2. The van der Waals surface area contributed by atoms with Crippen molar-refractivity contribution in [1.29, 1.82) is 0 Å². The average Bonchev–Trinajstić information content (AvgIpc) is 3.44. The molecule has 1 atom stereocenters. The molecule has 0 bridgehead atoms. The van der Waals surface area contributed by atoms with Gasteiger partial charge in [0.15, 0.2) is 10.9 Å². The number of alkyl halides is 7. The molecule has 0 radical (unpaired) electrons. The lowest BCUT2D eigenvalue weighted by molar-refractivity contribution is -0.275. The smallest absolute Gasteiger partial charge is 0.406 e. The summed E-state index contributed by atoms with van der Waals surface area (Å²) in [6.45, 7) is 2.78. The number of sulfonamides is 1. The van der Waals surface area contributed by atoms with E-state index in [1.165, 1.54) is 12.1 Å². The van der Waals surface area contributed by atoms with E-state index in [2.05, 4.69) is 36.5 Å². The number of anilines is 1. The second-order valence-electron chi connectivity index (χ2n) is 9.48. The number of halogens is 7. The van der Waals surface area contributed by atoms with Crippen LogP contribution in [-0.4, -0.2) is 80.6 Å². The number of nitrogens with one attached hydrogen (secondary N) is 1. The number of hydrogen-bond donors (Lipinski definition) is 2. The second kappa shape index (κ2) is 14.3. The summed E-state index contributed by atoms with van der Waals surface area (Å²) in [4.78, 5) is 27.2. The van der Waals surface area contributed by atoms with Gasteiger partial charge < -0.3 is 25.4 Å². The Balaban J connectivity index is 1.61. The minimum absolute atomic E-state index is 0.0229. The predicted octanol–water partition coefficient (Wildman–Crippen LogP) is 4.37. The van der Waals surface area contributed by atoms with Crippen LogP contribution in [0.5, 0.6) is 11.5 Å². The monoisotopic (exact) mass is 727 g/mol. The number of aromatic nitrogens is 1. The van der Waals surface area contributed by atoms with Gasteiger partial charge in [-0.3, -0.25) is 9.79 Å². The molecule has 1 aliphatic heterocycles. The van der Waals surface area contributed by atoms with E-state index in [1.807, 2.05) is 0 Å². The summed E-state index contributed by atoms with van der Waals surface area (Å²) in [6.07, 6.45) is -9.89. The highest BCUT2D eigenvalue weighted by molar-refractivity contribution is 7.89. The molecule has 2 heterocycles. The van der Waals surface area contributed by atoms with E-state index in [0.29, 0.717) is 15.6 Å². The Morgan fingerprint density at radius 3 is 2.15 bits per heavy atom. The highest BCUT2D eigenvalue weighted by Gasteiger charge is 2.41. The number of amidine groups is 1. The highest BCUT2D eigenvalue weighted by atomic mass is 35.5. The number of nitrogens with two attached hydrogens (primary N) is 1. The van der Waals surface area contributed by atoms with Crippen molar-refractivity contribution in [3.8, 4) is 11.5 Å². The minimum atomic E-state index is -5.00. The molecule has 0 aliphatic carbocycles. The Morgan fingerprint density at radius 2 is 1.62 bits per heavy atom. The summed E-state index contributed by atoms with van der Waals surface area (Å²) in [5.41, 5.74) is 6.34. The van der Waals surface area contributed by atoms with Crippen LogP contribution in [-0.2, 0) is 21.4 Å². The van der Waals surface area contributed by atoms with Gasteiger partial charge in [-0.25, -0.2) is 13.4 Å². The number of carbonyl (C=O) groups is 1. The first-order chi connectivity index (χ1) is 22.0. The van der Waals surface area contributed by atoms with Gasteiger partial charge in [-0.05, 0) is 48.7 Å². The summed E-state index contributed by atoms with van der Waals surface area (Å²) in [5.74, 6) is -1.75. The number of piperazine rings is 1. The number of amides is 1. The number of ether oxygens (including phenoxy) is 2. The van der Waals surface area contributed by atoms with E-state index in [0.717, 1.165) is 52.0 Å². The molecule has 1 aromatic heterocycles. The molecule has 1 aliphatic rings. The second-order valence-corrected chi connectivity index (χ2v) is 12.6. The fraction of sp³-hybridized carbons (Fsp3) is 0.308. The van der Waals surface area contributed by atoms with Crippen LogP contribution >= 0.6 is 22.9 Å². The zero-order valence-corrected chi connectivity index (χ0v) is 26.1. The van der Waals surface area contributed by atoms with Crippen molar-refractivity contribution >= 4 is 62.4 Å². The molecule has 1 saturated heterocycles. The van der Waals surface area contributed by atoms with Crippen LogP contribution in [0, 0.1) is 0 Å². The molecule has 12 nitrogen and oxygen atoms in total. The predicted molar refractivity (Wildman–Crippen MR) is 161 cm³/mol. The van der Waals surface area contributed by atoms with Crippen molar-refractivity contribution < 1.29 is 49.0 Å². The maximum Gasteiger partial charge on any atom is 0.573 e. The quantitative estimate of drug-likeness (QED) is 0.0972. The van der Waals surface area contributed by atoms with Gasteiger partial charge in [0.05, 0.1) is 4.90 Å². The minimum Gasteiger partial charge on any atom is -0.406 e. The van der Waals surface area contributed by atoms with Crippen LogP contribution < -0.4 is 25.4 Å². The standard InChI is InChI=1S/C26H24ClF6N7O5S2/c1-35-22-20(21(34)37-14-27)46-24(38-22)39-10-11-40(47(42,43)18-8-6-17(7-9-18)45-26(31,32)33)19(13-39)23(41)36-12-15-2-4-16(5-3-15)44-25(28,29)30/h2-9,19H,1,10-14H2,(H2,34,37)(H,36,41)/t19-/m1/s1. The Morgan fingerprint density at radius 1 is 1.04 bits per heavy atom. The molecule has 21 heteroatoms. The van der Waals surface area contributed by atoms with Gasteiger partial charge >= 0.3 is 12.7 Å². The average molecular weight is 728 g/mol. The molecule has 2 aromatic carbocycles. The van der Waals surface area contributed by atoms with Gasteiger partial charge in [0, 0.05) is 26.2 Å². The lowest BCUT2D eigenvalue weighted by atomic mass is 10.1. The first-order valence-corrected chi connectivity index (χ1v) is 15.9. The fourth-order valence-electron chi connectivity index (χ4n) is 4.35. The molecule has 3 aromatic rings. The lowest BCUT2D eigenvalue weighted by Crippen LogP contribution is -2.60. The van der Waals surface area contributed by atoms with Crippen LogP contribution in [0.25, 0.3) is 0 Å². The molecular formula is C26H24ClF6N7O5S2. The third-order valence-electron chi connectivity index (χ3n) is 6.40. The third kappa shape index (κ3) is 9.24.